The number of hydrogen-bond donors (Lipinski definition) is 0. The second kappa shape index (κ2) is 6.46. The molecule has 0 fully saturated rings. The molecule has 120 valence electrons. The summed E-state index contributed by atoms with van der Waals surface area (Å²) in [5.41, 5.74) is 3.10. The lowest BCUT2D eigenvalue weighted by molar-refractivity contribution is 0.435. The summed E-state index contributed by atoms with van der Waals surface area (Å²) >= 11 is 7.83. The van der Waals surface area contributed by atoms with Gasteiger partial charge in [0.25, 0.3) is 0 Å². The molecule has 0 unspecified atom stereocenters. The Morgan fingerprint density at radius 3 is 2.75 bits per heavy atom. The van der Waals surface area contributed by atoms with E-state index < -0.39 is 0 Å². The summed E-state index contributed by atoms with van der Waals surface area (Å²) < 4.78 is 6.06. The molecule has 0 bridgehead atoms. The maximum atomic E-state index is 6.12. The molecule has 4 rings (SSSR count). The molecular formula is C19H15ClN2OS. The Bertz CT molecular complexity index is 899. The van der Waals surface area contributed by atoms with Crippen LogP contribution in [0.25, 0.3) is 11.4 Å². The van der Waals surface area contributed by atoms with Gasteiger partial charge in [0.2, 0.25) is 5.88 Å². The van der Waals surface area contributed by atoms with Crippen molar-refractivity contribution in [3.8, 4) is 23.0 Å². The highest BCUT2D eigenvalue weighted by Crippen LogP contribution is 2.41. The van der Waals surface area contributed by atoms with Gasteiger partial charge in [0.15, 0.2) is 5.82 Å². The molecule has 0 atom stereocenters. The SMILES string of the molecule is CCSc1nc(-c2ccccc2)nc2c1Cc1cc(Cl)ccc1O2. The number of rotatable bonds is 3. The van der Waals surface area contributed by atoms with Crippen LogP contribution in [0.2, 0.25) is 5.02 Å². The van der Waals surface area contributed by atoms with Gasteiger partial charge in [-0.05, 0) is 24.0 Å². The number of thioether (sulfide) groups is 1. The topological polar surface area (TPSA) is 35.0 Å². The van der Waals surface area contributed by atoms with Gasteiger partial charge in [-0.2, -0.15) is 4.98 Å². The van der Waals surface area contributed by atoms with Crippen LogP contribution in [-0.4, -0.2) is 15.7 Å². The first-order valence-electron chi connectivity index (χ1n) is 7.80. The Balaban J connectivity index is 1.83. The number of hydrogen-bond acceptors (Lipinski definition) is 4. The first-order chi connectivity index (χ1) is 11.7. The van der Waals surface area contributed by atoms with Crippen molar-refractivity contribution in [2.24, 2.45) is 0 Å². The lowest BCUT2D eigenvalue weighted by Gasteiger charge is -2.21. The van der Waals surface area contributed by atoms with Crippen LogP contribution in [0.15, 0.2) is 53.6 Å². The summed E-state index contributed by atoms with van der Waals surface area (Å²) in [6.07, 6.45) is 0.739. The summed E-state index contributed by atoms with van der Waals surface area (Å²) in [4.78, 5) is 9.45. The van der Waals surface area contributed by atoms with Crippen molar-refractivity contribution in [3.63, 3.8) is 0 Å². The molecule has 0 amide bonds. The average Bonchev–Trinajstić information content (AvgIpc) is 2.61. The number of ether oxygens (including phenoxy) is 1. The second-order valence-electron chi connectivity index (χ2n) is 5.47. The molecule has 0 radical (unpaired) electrons. The molecule has 2 aromatic carbocycles. The van der Waals surface area contributed by atoms with Crippen molar-refractivity contribution in [2.75, 3.05) is 5.75 Å². The third kappa shape index (κ3) is 2.87. The molecule has 24 heavy (non-hydrogen) atoms. The van der Waals surface area contributed by atoms with E-state index in [1.165, 1.54) is 0 Å². The molecule has 0 saturated heterocycles. The van der Waals surface area contributed by atoms with E-state index in [0.717, 1.165) is 39.6 Å². The van der Waals surface area contributed by atoms with Crippen LogP contribution in [-0.2, 0) is 6.42 Å². The van der Waals surface area contributed by atoms with E-state index in [0.29, 0.717) is 16.7 Å². The molecule has 0 saturated carbocycles. The van der Waals surface area contributed by atoms with Gasteiger partial charge in [-0.3, -0.25) is 0 Å². The van der Waals surface area contributed by atoms with Crippen molar-refractivity contribution in [2.45, 2.75) is 18.4 Å². The minimum Gasteiger partial charge on any atom is -0.438 e. The Labute approximate surface area is 150 Å². The van der Waals surface area contributed by atoms with E-state index in [1.807, 2.05) is 48.5 Å². The van der Waals surface area contributed by atoms with Gasteiger partial charge < -0.3 is 4.74 Å². The largest absolute Gasteiger partial charge is 0.438 e. The number of halogens is 1. The Hall–Kier alpha value is -2.04. The smallest absolute Gasteiger partial charge is 0.227 e. The molecule has 3 nitrogen and oxygen atoms in total. The molecule has 5 heteroatoms. The molecule has 1 aliphatic heterocycles. The molecule has 0 spiro atoms. The number of benzene rings is 2. The van der Waals surface area contributed by atoms with Crippen molar-refractivity contribution >= 4 is 23.4 Å². The van der Waals surface area contributed by atoms with E-state index in [9.17, 15) is 0 Å². The molecule has 0 N–H and O–H groups in total. The molecule has 3 aromatic rings. The van der Waals surface area contributed by atoms with E-state index in [2.05, 4.69) is 11.9 Å². The van der Waals surface area contributed by atoms with E-state index in [4.69, 9.17) is 21.3 Å². The van der Waals surface area contributed by atoms with Gasteiger partial charge in [-0.15, -0.1) is 11.8 Å². The summed E-state index contributed by atoms with van der Waals surface area (Å²) in [5, 5.41) is 1.69. The van der Waals surface area contributed by atoms with Gasteiger partial charge in [0.05, 0.1) is 5.56 Å². The molecule has 1 aliphatic rings. The summed E-state index contributed by atoms with van der Waals surface area (Å²) in [5.74, 6) is 3.11. The lowest BCUT2D eigenvalue weighted by atomic mass is 10.0. The van der Waals surface area contributed by atoms with Crippen LogP contribution in [0.1, 0.15) is 18.1 Å². The van der Waals surface area contributed by atoms with Crippen LogP contribution in [0, 0.1) is 0 Å². The standard InChI is InChI=1S/C19H15ClN2OS/c1-2-24-19-15-11-13-10-14(20)8-9-16(13)23-18(15)21-17(22-19)12-6-4-3-5-7-12/h3-10H,2,11H2,1H3. The maximum absolute atomic E-state index is 6.12. The van der Waals surface area contributed by atoms with E-state index in [1.54, 1.807) is 11.8 Å². The van der Waals surface area contributed by atoms with Gasteiger partial charge in [-0.25, -0.2) is 4.98 Å². The fourth-order valence-corrected chi connectivity index (χ4v) is 3.69. The number of aromatic nitrogens is 2. The van der Waals surface area contributed by atoms with Gasteiger partial charge in [0.1, 0.15) is 10.8 Å². The van der Waals surface area contributed by atoms with Crippen LogP contribution in [0.5, 0.6) is 11.6 Å². The van der Waals surface area contributed by atoms with Crippen LogP contribution >= 0.6 is 23.4 Å². The van der Waals surface area contributed by atoms with Crippen LogP contribution in [0.3, 0.4) is 0 Å². The third-order valence-electron chi connectivity index (χ3n) is 3.84. The number of nitrogens with zero attached hydrogens (tertiary/aromatic N) is 2. The maximum Gasteiger partial charge on any atom is 0.227 e. The monoisotopic (exact) mass is 354 g/mol. The predicted molar refractivity (Wildman–Crippen MR) is 98.2 cm³/mol. The highest BCUT2D eigenvalue weighted by Gasteiger charge is 2.24. The number of fused-ring (bicyclic) bond motifs is 2. The molecule has 2 heterocycles. The summed E-state index contributed by atoms with van der Waals surface area (Å²) in [6, 6.07) is 15.7. The van der Waals surface area contributed by atoms with Crippen molar-refractivity contribution in [1.82, 2.24) is 9.97 Å². The summed E-state index contributed by atoms with van der Waals surface area (Å²) in [6.45, 7) is 2.12. The fourth-order valence-electron chi connectivity index (χ4n) is 2.73. The Kier molecular flexibility index (Phi) is 4.17. The first-order valence-corrected chi connectivity index (χ1v) is 9.16. The zero-order valence-electron chi connectivity index (χ0n) is 13.1. The van der Waals surface area contributed by atoms with Crippen molar-refractivity contribution in [1.29, 1.82) is 0 Å². The minimum atomic E-state index is 0.648. The second-order valence-corrected chi connectivity index (χ2v) is 7.16. The third-order valence-corrected chi connectivity index (χ3v) is 4.98. The van der Waals surface area contributed by atoms with E-state index >= 15 is 0 Å². The molecular weight excluding hydrogens is 340 g/mol. The Morgan fingerprint density at radius 1 is 1.12 bits per heavy atom. The first kappa shape index (κ1) is 15.5. The van der Waals surface area contributed by atoms with Gasteiger partial charge >= 0.3 is 0 Å². The zero-order chi connectivity index (χ0) is 16.5. The fraction of sp³-hybridized carbons (Fsp3) is 0.158. The zero-order valence-corrected chi connectivity index (χ0v) is 14.7. The van der Waals surface area contributed by atoms with E-state index in [-0.39, 0.29) is 0 Å². The highest BCUT2D eigenvalue weighted by atomic mass is 35.5. The highest BCUT2D eigenvalue weighted by molar-refractivity contribution is 7.99. The summed E-state index contributed by atoms with van der Waals surface area (Å²) in [7, 11) is 0. The average molecular weight is 355 g/mol. The molecule has 1 aromatic heterocycles. The Morgan fingerprint density at radius 2 is 1.96 bits per heavy atom. The lowest BCUT2D eigenvalue weighted by Crippen LogP contribution is -2.09. The van der Waals surface area contributed by atoms with Gasteiger partial charge in [0, 0.05) is 22.6 Å². The van der Waals surface area contributed by atoms with Crippen molar-refractivity contribution in [3.05, 3.63) is 64.7 Å². The normalized spacial score (nSPS) is 12.2. The predicted octanol–water partition coefficient (Wildman–Crippen LogP) is 5.61. The van der Waals surface area contributed by atoms with Gasteiger partial charge in [-0.1, -0.05) is 48.9 Å². The molecule has 0 aliphatic carbocycles. The van der Waals surface area contributed by atoms with Crippen LogP contribution < -0.4 is 4.74 Å². The minimum absolute atomic E-state index is 0.648. The van der Waals surface area contributed by atoms with Crippen molar-refractivity contribution < 1.29 is 4.74 Å². The quantitative estimate of drug-likeness (QED) is 0.354. The van der Waals surface area contributed by atoms with Crippen LogP contribution in [0.4, 0.5) is 0 Å².